The average Bonchev–Trinajstić information content (AvgIpc) is 3.12. The zero-order chi connectivity index (χ0) is 18.1. The minimum absolute atomic E-state index is 0.000698. The molecule has 1 aromatic heterocycles. The van der Waals surface area contributed by atoms with Crippen LogP contribution >= 0.6 is 0 Å². The van der Waals surface area contributed by atoms with Crippen molar-refractivity contribution in [2.75, 3.05) is 19.3 Å². The Kier molecular flexibility index (Phi) is 4.59. The number of rotatable bonds is 3. The van der Waals surface area contributed by atoms with Crippen LogP contribution < -0.4 is 0 Å². The van der Waals surface area contributed by atoms with Crippen molar-refractivity contribution in [2.24, 2.45) is 0 Å². The van der Waals surface area contributed by atoms with Crippen LogP contribution in [0.2, 0.25) is 0 Å². The molecule has 2 heterocycles. The monoisotopic (exact) mass is 368 g/mol. The topological polar surface area (TPSA) is 63.4 Å². The van der Waals surface area contributed by atoms with E-state index < -0.39 is 10.8 Å². The van der Waals surface area contributed by atoms with Gasteiger partial charge >= 0.3 is 0 Å². The summed E-state index contributed by atoms with van der Waals surface area (Å²) in [5.74, 6) is 0.821. The Labute approximate surface area is 154 Å². The van der Waals surface area contributed by atoms with Crippen LogP contribution in [0, 0.1) is 0 Å². The minimum Gasteiger partial charge on any atom is -0.440 e. The van der Waals surface area contributed by atoms with Gasteiger partial charge in [0.15, 0.2) is 11.5 Å². The number of likely N-dealkylation sites (tertiary alicyclic amines) is 1. The Morgan fingerprint density at radius 3 is 2.69 bits per heavy atom. The summed E-state index contributed by atoms with van der Waals surface area (Å²) in [7, 11) is -1.04. The van der Waals surface area contributed by atoms with E-state index in [1.807, 2.05) is 29.2 Å². The SMILES string of the molecule is C[S@@](=O)c1ccc(C(=O)N2CCC[C@@H](c3nc4ccccc4o3)C2)cc1. The number of nitrogens with zero attached hydrogens (tertiary/aromatic N) is 2. The maximum atomic E-state index is 12.8. The van der Waals surface area contributed by atoms with Crippen LogP contribution in [0.5, 0.6) is 0 Å². The molecule has 0 radical (unpaired) electrons. The van der Waals surface area contributed by atoms with E-state index in [2.05, 4.69) is 4.98 Å². The molecule has 0 spiro atoms. The standard InChI is InChI=1S/C20H20N2O3S/c1-26(24)16-10-8-14(9-11-16)20(23)22-12-4-5-15(13-22)19-21-17-6-2-3-7-18(17)25-19/h2-3,6-11,15H,4-5,12-13H2,1H3/t15-,26-/m1/s1. The van der Waals surface area contributed by atoms with Gasteiger partial charge in [0, 0.05) is 40.6 Å². The second kappa shape index (κ2) is 7.03. The first-order chi connectivity index (χ1) is 12.6. The van der Waals surface area contributed by atoms with Gasteiger partial charge in [0.2, 0.25) is 0 Å². The van der Waals surface area contributed by atoms with Gasteiger partial charge in [-0.15, -0.1) is 0 Å². The van der Waals surface area contributed by atoms with Crippen LogP contribution in [0.25, 0.3) is 11.1 Å². The van der Waals surface area contributed by atoms with Gasteiger partial charge in [-0.05, 0) is 49.2 Å². The fourth-order valence-corrected chi connectivity index (χ4v) is 3.92. The summed E-state index contributed by atoms with van der Waals surface area (Å²) in [4.78, 5) is 20.0. The van der Waals surface area contributed by atoms with Crippen molar-refractivity contribution >= 4 is 27.8 Å². The lowest BCUT2D eigenvalue weighted by atomic mass is 9.97. The normalized spacial score (nSPS) is 18.8. The zero-order valence-corrected chi connectivity index (χ0v) is 15.4. The first-order valence-corrected chi connectivity index (χ1v) is 10.3. The van der Waals surface area contributed by atoms with E-state index in [1.165, 1.54) is 0 Å². The minimum atomic E-state index is -1.04. The van der Waals surface area contributed by atoms with Crippen LogP contribution in [0.15, 0.2) is 57.8 Å². The summed E-state index contributed by atoms with van der Waals surface area (Å²) in [6, 6.07) is 14.7. The molecule has 1 amide bonds. The second-order valence-corrected chi connectivity index (χ2v) is 7.97. The number of fused-ring (bicyclic) bond motifs is 1. The molecule has 2 atom stereocenters. The van der Waals surface area contributed by atoms with Crippen LogP contribution in [0.3, 0.4) is 0 Å². The van der Waals surface area contributed by atoms with Crippen molar-refractivity contribution in [3.63, 3.8) is 0 Å². The summed E-state index contributed by atoms with van der Waals surface area (Å²) in [6.45, 7) is 1.34. The predicted molar refractivity (Wildman–Crippen MR) is 101 cm³/mol. The molecule has 0 saturated carbocycles. The molecule has 26 heavy (non-hydrogen) atoms. The third-order valence-corrected chi connectivity index (χ3v) is 5.74. The van der Waals surface area contributed by atoms with E-state index in [4.69, 9.17) is 4.42 Å². The number of hydrogen-bond acceptors (Lipinski definition) is 4. The van der Waals surface area contributed by atoms with Crippen LogP contribution in [0.1, 0.15) is 35.0 Å². The van der Waals surface area contributed by atoms with Crippen LogP contribution in [-0.4, -0.2) is 39.3 Å². The molecule has 0 bridgehead atoms. The van der Waals surface area contributed by atoms with Crippen molar-refractivity contribution < 1.29 is 13.4 Å². The predicted octanol–water partition coefficient (Wildman–Crippen LogP) is 3.59. The molecule has 1 aliphatic rings. The summed E-state index contributed by atoms with van der Waals surface area (Å²) >= 11 is 0. The molecule has 0 unspecified atom stereocenters. The highest BCUT2D eigenvalue weighted by molar-refractivity contribution is 7.84. The van der Waals surface area contributed by atoms with E-state index in [9.17, 15) is 9.00 Å². The number of hydrogen-bond donors (Lipinski definition) is 0. The molecule has 2 aromatic carbocycles. The van der Waals surface area contributed by atoms with Gasteiger partial charge in [-0.3, -0.25) is 9.00 Å². The third kappa shape index (κ3) is 3.29. The fourth-order valence-electron chi connectivity index (χ4n) is 3.40. The van der Waals surface area contributed by atoms with Crippen molar-refractivity contribution in [1.82, 2.24) is 9.88 Å². The molecule has 6 heteroatoms. The molecule has 0 N–H and O–H groups in total. The van der Waals surface area contributed by atoms with Gasteiger partial charge in [-0.2, -0.15) is 0 Å². The van der Waals surface area contributed by atoms with Crippen LogP contribution in [-0.2, 0) is 10.8 Å². The number of carbonyl (C=O) groups is 1. The number of carbonyl (C=O) groups excluding carboxylic acids is 1. The molecule has 1 aliphatic heterocycles. The molecule has 5 nitrogen and oxygen atoms in total. The molecule has 1 fully saturated rings. The molecule has 134 valence electrons. The number of oxazole rings is 1. The fraction of sp³-hybridized carbons (Fsp3) is 0.300. The molecular weight excluding hydrogens is 348 g/mol. The van der Waals surface area contributed by atoms with Crippen molar-refractivity contribution in [3.8, 4) is 0 Å². The summed E-state index contributed by atoms with van der Waals surface area (Å²) in [6.07, 6.45) is 3.52. The summed E-state index contributed by atoms with van der Waals surface area (Å²) < 4.78 is 17.4. The summed E-state index contributed by atoms with van der Waals surface area (Å²) in [5.41, 5.74) is 2.26. The first-order valence-electron chi connectivity index (χ1n) is 8.70. The Hall–Kier alpha value is -2.47. The number of aromatic nitrogens is 1. The molecule has 0 aliphatic carbocycles. The number of para-hydroxylation sites is 2. The Bertz CT molecular complexity index is 932. The maximum absolute atomic E-state index is 12.8. The van der Waals surface area contributed by atoms with Crippen molar-refractivity contribution in [3.05, 3.63) is 60.0 Å². The van der Waals surface area contributed by atoms with E-state index in [0.29, 0.717) is 18.0 Å². The van der Waals surface area contributed by atoms with E-state index in [1.54, 1.807) is 30.5 Å². The first kappa shape index (κ1) is 17.0. The van der Waals surface area contributed by atoms with Gasteiger partial charge in [-0.25, -0.2) is 4.98 Å². The van der Waals surface area contributed by atoms with Gasteiger partial charge in [0.05, 0.1) is 5.92 Å². The largest absolute Gasteiger partial charge is 0.440 e. The highest BCUT2D eigenvalue weighted by Gasteiger charge is 2.28. The number of amides is 1. The maximum Gasteiger partial charge on any atom is 0.253 e. The highest BCUT2D eigenvalue weighted by Crippen LogP contribution is 2.29. The molecule has 1 saturated heterocycles. The van der Waals surface area contributed by atoms with Gasteiger partial charge in [0.1, 0.15) is 5.52 Å². The smallest absolute Gasteiger partial charge is 0.253 e. The lowest BCUT2D eigenvalue weighted by Gasteiger charge is -2.31. The average molecular weight is 368 g/mol. The van der Waals surface area contributed by atoms with Crippen LogP contribution in [0.4, 0.5) is 0 Å². The lowest BCUT2D eigenvalue weighted by Crippen LogP contribution is -2.39. The zero-order valence-electron chi connectivity index (χ0n) is 14.6. The van der Waals surface area contributed by atoms with Crippen molar-refractivity contribution in [1.29, 1.82) is 0 Å². The Morgan fingerprint density at radius 2 is 1.96 bits per heavy atom. The van der Waals surface area contributed by atoms with Crippen molar-refractivity contribution in [2.45, 2.75) is 23.7 Å². The van der Waals surface area contributed by atoms with E-state index in [0.717, 1.165) is 35.4 Å². The highest BCUT2D eigenvalue weighted by atomic mass is 32.2. The van der Waals surface area contributed by atoms with Gasteiger partial charge < -0.3 is 9.32 Å². The third-order valence-electron chi connectivity index (χ3n) is 4.80. The number of piperidine rings is 1. The lowest BCUT2D eigenvalue weighted by molar-refractivity contribution is 0.0699. The van der Waals surface area contributed by atoms with Gasteiger partial charge in [-0.1, -0.05) is 12.1 Å². The van der Waals surface area contributed by atoms with E-state index >= 15 is 0 Å². The summed E-state index contributed by atoms with van der Waals surface area (Å²) in [5, 5.41) is 0. The second-order valence-electron chi connectivity index (χ2n) is 6.59. The van der Waals surface area contributed by atoms with E-state index in [-0.39, 0.29) is 11.8 Å². The number of benzene rings is 2. The Balaban J connectivity index is 1.52. The quantitative estimate of drug-likeness (QED) is 0.709. The molecular formula is C20H20N2O3S. The Morgan fingerprint density at radius 1 is 1.19 bits per heavy atom. The molecule has 4 rings (SSSR count). The van der Waals surface area contributed by atoms with Gasteiger partial charge in [0.25, 0.3) is 5.91 Å². The molecule has 3 aromatic rings.